The molecule has 0 bridgehead atoms. The quantitative estimate of drug-likeness (QED) is 0.942. The highest BCUT2D eigenvalue weighted by Gasteiger charge is 2.33. The van der Waals surface area contributed by atoms with Crippen molar-refractivity contribution in [2.75, 3.05) is 5.32 Å². The summed E-state index contributed by atoms with van der Waals surface area (Å²) in [7, 11) is 0. The number of amides is 2. The van der Waals surface area contributed by atoms with Crippen LogP contribution in [0.4, 0.5) is 5.69 Å². The molecular formula is C19H20N2O2. The Labute approximate surface area is 136 Å². The molecule has 2 aromatic carbocycles. The van der Waals surface area contributed by atoms with E-state index in [-0.39, 0.29) is 11.8 Å². The Bertz CT molecular complexity index is 737. The first-order valence-electron chi connectivity index (χ1n) is 7.89. The lowest BCUT2D eigenvalue weighted by molar-refractivity contribution is -0.120. The Morgan fingerprint density at radius 3 is 2.52 bits per heavy atom. The van der Waals surface area contributed by atoms with E-state index in [1.165, 1.54) is 5.56 Å². The molecule has 1 aliphatic rings. The van der Waals surface area contributed by atoms with Crippen LogP contribution < -0.4 is 5.32 Å². The number of nitrogens with one attached hydrogen (secondary N) is 1. The summed E-state index contributed by atoms with van der Waals surface area (Å²) in [5.74, 6) is -0.250. The van der Waals surface area contributed by atoms with Gasteiger partial charge >= 0.3 is 0 Å². The van der Waals surface area contributed by atoms with Gasteiger partial charge in [-0.15, -0.1) is 0 Å². The molecule has 0 aliphatic carbocycles. The molecule has 0 spiro atoms. The minimum absolute atomic E-state index is 0.0791. The van der Waals surface area contributed by atoms with Crippen molar-refractivity contribution in [1.29, 1.82) is 0 Å². The molecule has 0 saturated heterocycles. The standard InChI is InChI=1S/C19H20N2O2/c1-3-14-8-10-16(11-9-14)20-18(22)13(2)21-12-15-6-4-5-7-17(15)19(21)23/h4-11,13H,3,12H2,1-2H3,(H,20,22). The van der Waals surface area contributed by atoms with Crippen LogP contribution in [-0.4, -0.2) is 22.8 Å². The van der Waals surface area contributed by atoms with Crippen LogP contribution in [0.25, 0.3) is 0 Å². The van der Waals surface area contributed by atoms with E-state index in [0.717, 1.165) is 17.7 Å². The number of rotatable bonds is 4. The summed E-state index contributed by atoms with van der Waals surface area (Å²) in [5.41, 5.74) is 3.65. The predicted octanol–water partition coefficient (Wildman–Crippen LogP) is 3.23. The number of carbonyl (C=O) groups is 2. The third-order valence-electron chi connectivity index (χ3n) is 4.33. The van der Waals surface area contributed by atoms with E-state index in [9.17, 15) is 9.59 Å². The highest BCUT2D eigenvalue weighted by Crippen LogP contribution is 2.24. The molecule has 1 heterocycles. The van der Waals surface area contributed by atoms with Gasteiger partial charge in [-0.3, -0.25) is 9.59 Å². The third-order valence-corrected chi connectivity index (χ3v) is 4.33. The van der Waals surface area contributed by atoms with Gasteiger partial charge in [0.15, 0.2) is 0 Å². The molecule has 2 aromatic rings. The van der Waals surface area contributed by atoms with Gasteiger partial charge in [-0.1, -0.05) is 37.3 Å². The Kier molecular flexibility index (Phi) is 4.15. The topological polar surface area (TPSA) is 49.4 Å². The molecule has 1 atom stereocenters. The van der Waals surface area contributed by atoms with Crippen LogP contribution >= 0.6 is 0 Å². The van der Waals surface area contributed by atoms with Crippen molar-refractivity contribution in [2.45, 2.75) is 32.9 Å². The fourth-order valence-corrected chi connectivity index (χ4v) is 2.80. The largest absolute Gasteiger partial charge is 0.324 e. The van der Waals surface area contributed by atoms with Gasteiger partial charge in [0.1, 0.15) is 6.04 Å². The second kappa shape index (κ2) is 6.24. The monoisotopic (exact) mass is 308 g/mol. The lowest BCUT2D eigenvalue weighted by atomic mass is 10.1. The minimum Gasteiger partial charge on any atom is -0.324 e. The molecule has 23 heavy (non-hydrogen) atoms. The van der Waals surface area contributed by atoms with Gasteiger partial charge in [0.05, 0.1) is 0 Å². The number of aryl methyl sites for hydroxylation is 1. The van der Waals surface area contributed by atoms with Crippen LogP contribution in [0.1, 0.15) is 35.3 Å². The first-order chi connectivity index (χ1) is 11.1. The summed E-state index contributed by atoms with van der Waals surface area (Å²) < 4.78 is 0. The zero-order valence-corrected chi connectivity index (χ0v) is 13.4. The van der Waals surface area contributed by atoms with E-state index in [2.05, 4.69) is 12.2 Å². The molecule has 3 rings (SSSR count). The summed E-state index contributed by atoms with van der Waals surface area (Å²) >= 11 is 0. The summed E-state index contributed by atoms with van der Waals surface area (Å²) in [6.45, 7) is 4.34. The van der Waals surface area contributed by atoms with E-state index in [4.69, 9.17) is 0 Å². The number of fused-ring (bicyclic) bond motifs is 1. The van der Waals surface area contributed by atoms with Crippen molar-refractivity contribution < 1.29 is 9.59 Å². The van der Waals surface area contributed by atoms with Crippen molar-refractivity contribution in [3.63, 3.8) is 0 Å². The maximum absolute atomic E-state index is 12.4. The first-order valence-corrected chi connectivity index (χ1v) is 7.89. The summed E-state index contributed by atoms with van der Waals surface area (Å²) in [4.78, 5) is 26.5. The summed E-state index contributed by atoms with van der Waals surface area (Å²) in [5, 5.41) is 2.88. The minimum atomic E-state index is -0.513. The number of nitrogens with zero attached hydrogens (tertiary/aromatic N) is 1. The molecule has 2 amide bonds. The first kappa shape index (κ1) is 15.3. The lowest BCUT2D eigenvalue weighted by Crippen LogP contribution is -2.42. The van der Waals surface area contributed by atoms with Gasteiger partial charge in [0.2, 0.25) is 5.91 Å². The van der Waals surface area contributed by atoms with Crippen molar-refractivity contribution in [3.05, 3.63) is 65.2 Å². The van der Waals surface area contributed by atoms with Crippen LogP contribution in [0.2, 0.25) is 0 Å². The van der Waals surface area contributed by atoms with Crippen molar-refractivity contribution >= 4 is 17.5 Å². The number of hydrogen-bond donors (Lipinski definition) is 1. The van der Waals surface area contributed by atoms with Crippen LogP contribution in [0.5, 0.6) is 0 Å². The average Bonchev–Trinajstić information content (AvgIpc) is 2.92. The Hall–Kier alpha value is -2.62. The van der Waals surface area contributed by atoms with E-state index >= 15 is 0 Å². The van der Waals surface area contributed by atoms with Gasteiger partial charge < -0.3 is 10.2 Å². The lowest BCUT2D eigenvalue weighted by Gasteiger charge is -2.23. The highest BCUT2D eigenvalue weighted by molar-refractivity contribution is 6.03. The smallest absolute Gasteiger partial charge is 0.255 e. The number of hydrogen-bond acceptors (Lipinski definition) is 2. The van der Waals surface area contributed by atoms with E-state index in [1.807, 2.05) is 48.5 Å². The molecule has 0 saturated carbocycles. The molecule has 118 valence electrons. The van der Waals surface area contributed by atoms with Crippen LogP contribution in [-0.2, 0) is 17.8 Å². The normalized spacial score (nSPS) is 14.5. The fraction of sp³-hybridized carbons (Fsp3) is 0.263. The zero-order chi connectivity index (χ0) is 16.4. The third kappa shape index (κ3) is 2.97. The second-order valence-corrected chi connectivity index (χ2v) is 5.81. The van der Waals surface area contributed by atoms with Crippen LogP contribution in [0.15, 0.2) is 48.5 Å². The molecule has 1 aliphatic heterocycles. The van der Waals surface area contributed by atoms with Crippen LogP contribution in [0, 0.1) is 0 Å². The molecule has 4 nitrogen and oxygen atoms in total. The van der Waals surface area contributed by atoms with Gasteiger partial charge in [-0.25, -0.2) is 0 Å². The van der Waals surface area contributed by atoms with Crippen molar-refractivity contribution in [1.82, 2.24) is 4.90 Å². The molecular weight excluding hydrogens is 288 g/mol. The molecule has 1 N–H and O–H groups in total. The summed E-state index contributed by atoms with van der Waals surface area (Å²) in [6.07, 6.45) is 0.963. The number of benzene rings is 2. The van der Waals surface area contributed by atoms with E-state index in [1.54, 1.807) is 11.8 Å². The summed E-state index contributed by atoms with van der Waals surface area (Å²) in [6, 6.07) is 14.8. The SMILES string of the molecule is CCc1ccc(NC(=O)C(C)N2Cc3ccccc3C2=O)cc1. The van der Waals surface area contributed by atoms with Crippen molar-refractivity contribution in [3.8, 4) is 0 Å². The second-order valence-electron chi connectivity index (χ2n) is 5.81. The molecule has 4 heteroatoms. The maximum atomic E-state index is 12.4. The number of carbonyl (C=O) groups excluding carboxylic acids is 2. The van der Waals surface area contributed by atoms with E-state index in [0.29, 0.717) is 12.1 Å². The maximum Gasteiger partial charge on any atom is 0.255 e. The van der Waals surface area contributed by atoms with E-state index < -0.39 is 6.04 Å². The molecule has 0 fully saturated rings. The fourth-order valence-electron chi connectivity index (χ4n) is 2.80. The predicted molar refractivity (Wildman–Crippen MR) is 90.2 cm³/mol. The van der Waals surface area contributed by atoms with Gasteiger partial charge in [0, 0.05) is 17.8 Å². The molecule has 1 unspecified atom stereocenters. The Morgan fingerprint density at radius 2 is 1.87 bits per heavy atom. The Morgan fingerprint density at radius 1 is 1.17 bits per heavy atom. The van der Waals surface area contributed by atoms with Crippen molar-refractivity contribution in [2.24, 2.45) is 0 Å². The molecule has 0 aromatic heterocycles. The molecule has 0 radical (unpaired) electrons. The van der Waals surface area contributed by atoms with Crippen LogP contribution in [0.3, 0.4) is 0 Å². The zero-order valence-electron chi connectivity index (χ0n) is 13.4. The highest BCUT2D eigenvalue weighted by atomic mass is 16.2. The van der Waals surface area contributed by atoms with Gasteiger partial charge in [-0.05, 0) is 42.7 Å². The van der Waals surface area contributed by atoms with Gasteiger partial charge in [0.25, 0.3) is 5.91 Å². The number of anilines is 1. The average molecular weight is 308 g/mol. The van der Waals surface area contributed by atoms with Gasteiger partial charge in [-0.2, -0.15) is 0 Å². The Balaban J connectivity index is 1.69.